The smallest absolute Gasteiger partial charge is 0.261 e. The van der Waals surface area contributed by atoms with Crippen LogP contribution in [0.15, 0.2) is 48.5 Å². The maximum Gasteiger partial charge on any atom is 0.261 e. The predicted molar refractivity (Wildman–Crippen MR) is 98.9 cm³/mol. The number of halogens is 1. The van der Waals surface area contributed by atoms with E-state index in [0.29, 0.717) is 29.6 Å². The van der Waals surface area contributed by atoms with Gasteiger partial charge in [0, 0.05) is 29.9 Å². The van der Waals surface area contributed by atoms with Gasteiger partial charge in [-0.05, 0) is 30.3 Å². The van der Waals surface area contributed by atoms with Crippen LogP contribution >= 0.6 is 11.6 Å². The van der Waals surface area contributed by atoms with E-state index in [1.165, 1.54) is 4.90 Å². The van der Waals surface area contributed by atoms with Crippen LogP contribution in [0.25, 0.3) is 0 Å². The molecule has 0 aliphatic carbocycles. The largest absolute Gasteiger partial charge is 0.497 e. The number of ether oxygens (including phenoxy) is 2. The fourth-order valence-corrected chi connectivity index (χ4v) is 2.91. The zero-order chi connectivity index (χ0) is 18.5. The van der Waals surface area contributed by atoms with Crippen molar-refractivity contribution in [3.05, 3.63) is 53.6 Å². The SMILES string of the molecule is COc1cccc(OCC(=O)N2CCN(c3cccc(Cl)c3)C(=O)C2)c1. The Balaban J connectivity index is 1.56. The summed E-state index contributed by atoms with van der Waals surface area (Å²) in [6.45, 7) is 0.757. The summed E-state index contributed by atoms with van der Waals surface area (Å²) in [6.07, 6.45) is 0. The third-order valence-corrected chi connectivity index (χ3v) is 4.33. The second-order valence-corrected chi connectivity index (χ2v) is 6.24. The van der Waals surface area contributed by atoms with Crippen LogP contribution in [0.5, 0.6) is 11.5 Å². The number of amides is 2. The molecule has 2 aromatic rings. The van der Waals surface area contributed by atoms with Gasteiger partial charge in [0.15, 0.2) is 6.61 Å². The molecule has 0 aromatic heterocycles. The number of benzene rings is 2. The number of methoxy groups -OCH3 is 1. The summed E-state index contributed by atoms with van der Waals surface area (Å²) in [6, 6.07) is 14.1. The van der Waals surface area contributed by atoms with E-state index in [-0.39, 0.29) is 25.0 Å². The highest BCUT2D eigenvalue weighted by molar-refractivity contribution is 6.30. The van der Waals surface area contributed by atoms with Gasteiger partial charge in [-0.1, -0.05) is 23.7 Å². The molecule has 1 fully saturated rings. The average molecular weight is 375 g/mol. The Hall–Kier alpha value is -2.73. The molecule has 0 saturated carbocycles. The molecular formula is C19H19ClN2O4. The topological polar surface area (TPSA) is 59.1 Å². The fraction of sp³-hybridized carbons (Fsp3) is 0.263. The van der Waals surface area contributed by atoms with Crippen molar-refractivity contribution >= 4 is 29.1 Å². The molecule has 0 spiro atoms. The lowest BCUT2D eigenvalue weighted by Crippen LogP contribution is -2.53. The summed E-state index contributed by atoms with van der Waals surface area (Å²) < 4.78 is 10.6. The van der Waals surface area contributed by atoms with Crippen molar-refractivity contribution in [2.24, 2.45) is 0 Å². The van der Waals surface area contributed by atoms with Crippen molar-refractivity contribution in [1.29, 1.82) is 0 Å². The molecule has 0 N–H and O–H groups in total. The minimum absolute atomic E-state index is 0.0207. The van der Waals surface area contributed by atoms with Crippen LogP contribution in [0.4, 0.5) is 5.69 Å². The van der Waals surface area contributed by atoms with E-state index in [1.54, 1.807) is 54.5 Å². The second kappa shape index (κ2) is 8.10. The maximum atomic E-state index is 12.4. The number of anilines is 1. The number of carbonyl (C=O) groups is 2. The van der Waals surface area contributed by atoms with Crippen molar-refractivity contribution in [2.45, 2.75) is 0 Å². The fourth-order valence-electron chi connectivity index (χ4n) is 2.73. The summed E-state index contributed by atoms with van der Waals surface area (Å²) in [5.74, 6) is 0.821. The van der Waals surface area contributed by atoms with Crippen LogP contribution in [0, 0.1) is 0 Å². The molecule has 26 heavy (non-hydrogen) atoms. The lowest BCUT2D eigenvalue weighted by molar-refractivity contribution is -0.138. The zero-order valence-corrected chi connectivity index (χ0v) is 15.1. The zero-order valence-electron chi connectivity index (χ0n) is 14.4. The molecule has 1 heterocycles. The summed E-state index contributed by atoms with van der Waals surface area (Å²) in [5.41, 5.74) is 0.738. The first-order valence-electron chi connectivity index (χ1n) is 8.17. The molecule has 7 heteroatoms. The van der Waals surface area contributed by atoms with Crippen molar-refractivity contribution in [3.63, 3.8) is 0 Å². The van der Waals surface area contributed by atoms with Crippen molar-refractivity contribution in [3.8, 4) is 11.5 Å². The predicted octanol–water partition coefficient (Wildman–Crippen LogP) is 2.60. The highest BCUT2D eigenvalue weighted by Crippen LogP contribution is 2.22. The monoisotopic (exact) mass is 374 g/mol. The first-order chi connectivity index (χ1) is 12.6. The van der Waals surface area contributed by atoms with Crippen molar-refractivity contribution in [2.75, 3.05) is 38.3 Å². The van der Waals surface area contributed by atoms with E-state index in [2.05, 4.69) is 0 Å². The number of hydrogen-bond donors (Lipinski definition) is 0. The number of rotatable bonds is 5. The number of nitrogens with zero attached hydrogens (tertiary/aromatic N) is 2. The van der Waals surface area contributed by atoms with Crippen LogP contribution in [-0.2, 0) is 9.59 Å². The molecule has 6 nitrogen and oxygen atoms in total. The van der Waals surface area contributed by atoms with Gasteiger partial charge in [0.2, 0.25) is 5.91 Å². The van der Waals surface area contributed by atoms with Crippen LogP contribution in [0.1, 0.15) is 0 Å². The average Bonchev–Trinajstić information content (AvgIpc) is 2.66. The van der Waals surface area contributed by atoms with Crippen molar-refractivity contribution < 1.29 is 19.1 Å². The molecule has 1 aliphatic heterocycles. The van der Waals surface area contributed by atoms with Crippen LogP contribution in [0.2, 0.25) is 5.02 Å². The van der Waals surface area contributed by atoms with Gasteiger partial charge in [-0.25, -0.2) is 0 Å². The Labute approximate surface area is 156 Å². The number of hydrogen-bond acceptors (Lipinski definition) is 4. The molecule has 136 valence electrons. The minimum Gasteiger partial charge on any atom is -0.497 e. The van der Waals surface area contributed by atoms with Crippen LogP contribution < -0.4 is 14.4 Å². The van der Waals surface area contributed by atoms with Gasteiger partial charge < -0.3 is 19.3 Å². The molecular weight excluding hydrogens is 356 g/mol. The minimum atomic E-state index is -0.230. The van der Waals surface area contributed by atoms with E-state index >= 15 is 0 Å². The highest BCUT2D eigenvalue weighted by Gasteiger charge is 2.28. The van der Waals surface area contributed by atoms with E-state index < -0.39 is 0 Å². The molecule has 1 aliphatic rings. The lowest BCUT2D eigenvalue weighted by atomic mass is 10.2. The quantitative estimate of drug-likeness (QED) is 0.807. The maximum absolute atomic E-state index is 12.4. The Bertz CT molecular complexity index is 812. The first kappa shape index (κ1) is 18.1. The Kier molecular flexibility index (Phi) is 5.63. The molecule has 0 unspecified atom stereocenters. The van der Waals surface area contributed by atoms with E-state index in [1.807, 2.05) is 6.07 Å². The van der Waals surface area contributed by atoms with Crippen molar-refractivity contribution in [1.82, 2.24) is 4.90 Å². The summed E-state index contributed by atoms with van der Waals surface area (Å²) in [4.78, 5) is 27.9. The summed E-state index contributed by atoms with van der Waals surface area (Å²) >= 11 is 5.98. The van der Waals surface area contributed by atoms with Gasteiger partial charge in [-0.3, -0.25) is 9.59 Å². The third kappa shape index (κ3) is 4.26. The van der Waals surface area contributed by atoms with E-state index in [9.17, 15) is 9.59 Å². The first-order valence-corrected chi connectivity index (χ1v) is 8.55. The summed E-state index contributed by atoms with van der Waals surface area (Å²) in [7, 11) is 1.56. The number of carbonyl (C=O) groups excluding carboxylic acids is 2. The van der Waals surface area contributed by atoms with Gasteiger partial charge in [-0.2, -0.15) is 0 Å². The van der Waals surface area contributed by atoms with Gasteiger partial charge >= 0.3 is 0 Å². The Morgan fingerprint density at radius 2 is 1.88 bits per heavy atom. The summed E-state index contributed by atoms with van der Waals surface area (Å²) in [5, 5.41) is 0.570. The molecule has 0 bridgehead atoms. The van der Waals surface area contributed by atoms with Gasteiger partial charge in [-0.15, -0.1) is 0 Å². The van der Waals surface area contributed by atoms with Crippen LogP contribution in [-0.4, -0.2) is 50.1 Å². The lowest BCUT2D eigenvalue weighted by Gasteiger charge is -2.34. The molecule has 2 amide bonds. The Morgan fingerprint density at radius 1 is 1.12 bits per heavy atom. The Morgan fingerprint density at radius 3 is 2.62 bits per heavy atom. The second-order valence-electron chi connectivity index (χ2n) is 5.81. The molecule has 2 aromatic carbocycles. The highest BCUT2D eigenvalue weighted by atomic mass is 35.5. The molecule has 3 rings (SSSR count). The van der Waals surface area contributed by atoms with E-state index in [0.717, 1.165) is 5.69 Å². The van der Waals surface area contributed by atoms with E-state index in [4.69, 9.17) is 21.1 Å². The van der Waals surface area contributed by atoms with Crippen LogP contribution in [0.3, 0.4) is 0 Å². The third-order valence-electron chi connectivity index (χ3n) is 4.10. The molecule has 0 atom stereocenters. The van der Waals surface area contributed by atoms with Gasteiger partial charge in [0.25, 0.3) is 5.91 Å². The van der Waals surface area contributed by atoms with Gasteiger partial charge in [0.05, 0.1) is 7.11 Å². The van der Waals surface area contributed by atoms with Gasteiger partial charge in [0.1, 0.15) is 18.0 Å². The normalized spacial score (nSPS) is 14.3. The molecule has 1 saturated heterocycles. The standard InChI is InChI=1S/C19H19ClN2O4/c1-25-16-6-3-7-17(11-16)26-13-19(24)21-8-9-22(18(23)12-21)15-5-2-4-14(20)10-15/h2-7,10-11H,8-9,12-13H2,1H3. The number of piperazine rings is 1. The molecule has 0 radical (unpaired) electrons.